The standard InChI is InChI=1S/C32H28N6O3S/c1-21-27(30(40)37(34(21)3)24-16-10-6-11-17-24)33-32-36(29(39)26(42-32)20-23-14-8-5-9-15-23)28-22(2)35(4)38(31(28)41)25-18-12-7-13-19-25/h5-20H,1-4H3/b26-20+,33-32?. The number of hydrogen-bond acceptors (Lipinski definition) is 5. The van der Waals surface area contributed by atoms with Crippen LogP contribution >= 0.6 is 11.8 Å². The summed E-state index contributed by atoms with van der Waals surface area (Å²) in [4.78, 5) is 48.3. The van der Waals surface area contributed by atoms with Gasteiger partial charge in [0.2, 0.25) is 0 Å². The molecule has 1 saturated heterocycles. The molecule has 3 heterocycles. The van der Waals surface area contributed by atoms with E-state index in [1.54, 1.807) is 36.5 Å². The molecular weight excluding hydrogens is 548 g/mol. The van der Waals surface area contributed by atoms with E-state index in [1.807, 2.05) is 97.9 Å². The van der Waals surface area contributed by atoms with Crippen molar-refractivity contribution in [2.75, 3.05) is 4.90 Å². The number of anilines is 1. The van der Waals surface area contributed by atoms with Gasteiger partial charge < -0.3 is 0 Å². The molecule has 1 fully saturated rings. The van der Waals surface area contributed by atoms with Gasteiger partial charge in [-0.25, -0.2) is 19.3 Å². The van der Waals surface area contributed by atoms with Crippen molar-refractivity contribution in [2.24, 2.45) is 19.1 Å². The molecule has 1 aliphatic rings. The van der Waals surface area contributed by atoms with Gasteiger partial charge in [-0.3, -0.25) is 23.7 Å². The lowest BCUT2D eigenvalue weighted by atomic mass is 10.2. The Labute approximate surface area is 246 Å². The molecule has 42 heavy (non-hydrogen) atoms. The van der Waals surface area contributed by atoms with Crippen molar-refractivity contribution in [1.29, 1.82) is 0 Å². The summed E-state index contributed by atoms with van der Waals surface area (Å²) in [5.41, 5.74) is 3.09. The number of aliphatic imine (C=N–C) groups is 1. The van der Waals surface area contributed by atoms with Crippen molar-refractivity contribution in [1.82, 2.24) is 18.7 Å². The number of hydrogen-bond donors (Lipinski definition) is 0. The number of aromatic nitrogens is 4. The van der Waals surface area contributed by atoms with Crippen LogP contribution in [0, 0.1) is 13.8 Å². The number of nitrogens with zero attached hydrogens (tertiary/aromatic N) is 6. The quantitative estimate of drug-likeness (QED) is 0.273. The van der Waals surface area contributed by atoms with Crippen LogP contribution < -0.4 is 16.0 Å². The Morgan fingerprint density at radius 1 is 0.667 bits per heavy atom. The Morgan fingerprint density at radius 2 is 1.17 bits per heavy atom. The number of amides is 1. The predicted molar refractivity (Wildman–Crippen MR) is 168 cm³/mol. The molecule has 0 spiro atoms. The topological polar surface area (TPSA) is 86.5 Å². The molecule has 0 aliphatic carbocycles. The number of para-hydroxylation sites is 2. The van der Waals surface area contributed by atoms with Gasteiger partial charge in [0.15, 0.2) is 10.9 Å². The summed E-state index contributed by atoms with van der Waals surface area (Å²) >= 11 is 1.14. The second-order valence-electron chi connectivity index (χ2n) is 9.88. The third-order valence-electron chi connectivity index (χ3n) is 7.38. The highest BCUT2D eigenvalue weighted by Crippen LogP contribution is 2.38. The van der Waals surface area contributed by atoms with Crippen LogP contribution in [0.1, 0.15) is 17.0 Å². The van der Waals surface area contributed by atoms with Crippen molar-refractivity contribution in [2.45, 2.75) is 13.8 Å². The zero-order valence-corrected chi connectivity index (χ0v) is 24.4. The minimum absolute atomic E-state index is 0.186. The van der Waals surface area contributed by atoms with Crippen LogP contribution in [0.15, 0.2) is 110 Å². The lowest BCUT2D eigenvalue weighted by Crippen LogP contribution is -2.34. The number of thioether (sulfide) groups is 1. The first-order chi connectivity index (χ1) is 20.3. The molecular formula is C32H28N6O3S. The van der Waals surface area contributed by atoms with E-state index in [9.17, 15) is 14.4 Å². The first-order valence-corrected chi connectivity index (χ1v) is 14.2. The lowest BCUT2D eigenvalue weighted by Gasteiger charge is -2.13. The van der Waals surface area contributed by atoms with E-state index in [4.69, 9.17) is 4.99 Å². The van der Waals surface area contributed by atoms with Crippen molar-refractivity contribution in [3.8, 4) is 11.4 Å². The molecule has 2 aromatic heterocycles. The van der Waals surface area contributed by atoms with E-state index in [1.165, 1.54) is 14.3 Å². The minimum Gasteiger partial charge on any atom is -0.283 e. The SMILES string of the molecule is Cc1c(N=C2S/C(=C/c3ccccc3)C(=O)N2c2c(C)n(C)n(-c3ccccc3)c2=O)c(=O)n(-c2ccccc2)n1C. The maximum absolute atomic E-state index is 14.0. The van der Waals surface area contributed by atoms with E-state index >= 15 is 0 Å². The number of rotatable bonds is 5. The molecule has 1 aliphatic heterocycles. The third kappa shape index (κ3) is 4.46. The average Bonchev–Trinajstić information content (AvgIpc) is 3.50. The number of amidine groups is 1. The maximum Gasteiger partial charge on any atom is 0.297 e. The average molecular weight is 577 g/mol. The molecule has 6 rings (SSSR count). The van der Waals surface area contributed by atoms with Gasteiger partial charge in [0.1, 0.15) is 5.69 Å². The van der Waals surface area contributed by atoms with Crippen LogP contribution in [0.4, 0.5) is 11.4 Å². The fraction of sp³-hybridized carbons (Fsp3) is 0.125. The summed E-state index contributed by atoms with van der Waals surface area (Å²) < 4.78 is 6.52. The van der Waals surface area contributed by atoms with Gasteiger partial charge in [0, 0.05) is 14.1 Å². The molecule has 5 aromatic rings. The highest BCUT2D eigenvalue weighted by atomic mass is 32.2. The first-order valence-electron chi connectivity index (χ1n) is 13.3. The smallest absolute Gasteiger partial charge is 0.283 e. The van der Waals surface area contributed by atoms with Gasteiger partial charge in [-0.2, -0.15) is 0 Å². The van der Waals surface area contributed by atoms with E-state index in [2.05, 4.69) is 0 Å². The predicted octanol–water partition coefficient (Wildman–Crippen LogP) is 5.09. The Hall–Kier alpha value is -5.09. The van der Waals surface area contributed by atoms with Crippen LogP contribution in [0.25, 0.3) is 17.5 Å². The zero-order chi connectivity index (χ0) is 29.5. The van der Waals surface area contributed by atoms with Gasteiger partial charge in [0.05, 0.1) is 27.7 Å². The van der Waals surface area contributed by atoms with E-state index in [-0.39, 0.29) is 33.6 Å². The summed E-state index contributed by atoms with van der Waals surface area (Å²) in [5.74, 6) is -0.384. The van der Waals surface area contributed by atoms with E-state index < -0.39 is 0 Å². The van der Waals surface area contributed by atoms with E-state index in [0.29, 0.717) is 27.7 Å². The second-order valence-corrected chi connectivity index (χ2v) is 10.9. The molecule has 210 valence electrons. The Balaban J connectivity index is 1.56. The Morgan fingerprint density at radius 3 is 1.74 bits per heavy atom. The summed E-state index contributed by atoms with van der Waals surface area (Å²) in [5, 5.41) is 0.235. The normalized spacial score (nSPS) is 15.3. The van der Waals surface area contributed by atoms with Crippen LogP contribution in [0.3, 0.4) is 0 Å². The largest absolute Gasteiger partial charge is 0.297 e. The monoisotopic (exact) mass is 576 g/mol. The first kappa shape index (κ1) is 27.1. The molecule has 10 heteroatoms. The van der Waals surface area contributed by atoms with E-state index in [0.717, 1.165) is 17.3 Å². The van der Waals surface area contributed by atoms with Crippen molar-refractivity contribution in [3.63, 3.8) is 0 Å². The van der Waals surface area contributed by atoms with Crippen LogP contribution in [0.5, 0.6) is 0 Å². The summed E-state index contributed by atoms with van der Waals surface area (Å²) in [6, 6.07) is 28.0. The number of benzene rings is 3. The Bertz CT molecular complexity index is 2000. The van der Waals surface area contributed by atoms with Gasteiger partial charge >= 0.3 is 0 Å². The Kier molecular flexibility index (Phi) is 6.91. The lowest BCUT2D eigenvalue weighted by molar-refractivity contribution is -0.113. The molecule has 0 N–H and O–H groups in total. The van der Waals surface area contributed by atoms with Gasteiger partial charge in [0.25, 0.3) is 17.0 Å². The van der Waals surface area contributed by atoms with Crippen molar-refractivity contribution in [3.05, 3.63) is 134 Å². The second kappa shape index (κ2) is 10.7. The third-order valence-corrected chi connectivity index (χ3v) is 8.35. The zero-order valence-electron chi connectivity index (χ0n) is 23.6. The van der Waals surface area contributed by atoms with Gasteiger partial charge in [-0.15, -0.1) is 0 Å². The molecule has 0 radical (unpaired) electrons. The van der Waals surface area contributed by atoms with Crippen molar-refractivity contribution >= 4 is 40.3 Å². The summed E-state index contributed by atoms with van der Waals surface area (Å²) in [6.45, 7) is 3.60. The molecule has 1 amide bonds. The minimum atomic E-state index is -0.384. The van der Waals surface area contributed by atoms with Crippen LogP contribution in [-0.2, 0) is 18.9 Å². The number of carbonyl (C=O) groups excluding carboxylic acids is 1. The summed E-state index contributed by atoms with van der Waals surface area (Å²) in [7, 11) is 3.57. The van der Waals surface area contributed by atoms with Crippen LogP contribution in [-0.4, -0.2) is 29.8 Å². The van der Waals surface area contributed by atoms with Gasteiger partial charge in [-0.05, 0) is 61.5 Å². The van der Waals surface area contributed by atoms with Gasteiger partial charge in [-0.1, -0.05) is 66.7 Å². The van der Waals surface area contributed by atoms with Crippen molar-refractivity contribution < 1.29 is 4.79 Å². The fourth-order valence-corrected chi connectivity index (χ4v) is 6.01. The molecule has 9 nitrogen and oxygen atoms in total. The highest BCUT2D eigenvalue weighted by Gasteiger charge is 2.39. The summed E-state index contributed by atoms with van der Waals surface area (Å²) in [6.07, 6.45) is 1.77. The highest BCUT2D eigenvalue weighted by molar-refractivity contribution is 8.19. The molecule has 0 atom stereocenters. The number of carbonyl (C=O) groups is 1. The molecule has 0 unspecified atom stereocenters. The molecule has 0 saturated carbocycles. The molecule has 3 aromatic carbocycles. The molecule has 0 bridgehead atoms. The fourth-order valence-electron chi connectivity index (χ4n) is 5.04. The maximum atomic E-state index is 14.0. The van der Waals surface area contributed by atoms with Crippen LogP contribution in [0.2, 0.25) is 0 Å².